The molecule has 0 aliphatic heterocycles. The second-order valence-electron chi connectivity index (χ2n) is 3.86. The minimum Gasteiger partial charge on any atom is -0.482 e. The van der Waals surface area contributed by atoms with Crippen LogP contribution in [0.4, 0.5) is 4.79 Å². The second-order valence-corrected chi connectivity index (χ2v) is 3.86. The van der Waals surface area contributed by atoms with Gasteiger partial charge in [-0.1, -0.05) is 19.1 Å². The Balaban J connectivity index is 2.28. The zero-order valence-corrected chi connectivity index (χ0v) is 11.0. The van der Waals surface area contributed by atoms with Crippen LogP contribution in [-0.2, 0) is 20.7 Å². The highest BCUT2D eigenvalue weighted by Crippen LogP contribution is 2.12. The highest BCUT2D eigenvalue weighted by Gasteiger charge is 2.09. The first-order chi connectivity index (χ1) is 9.51. The summed E-state index contributed by atoms with van der Waals surface area (Å²) in [5.41, 5.74) is 5.88. The summed E-state index contributed by atoms with van der Waals surface area (Å²) in [6, 6.07) is 6.26. The standard InChI is InChI=1S/C13H16N2O5/c1-2-9-3-5-10(6-4-9)19-8-12(17)20-7-11(16)15-13(14)18/h3-6H,2,7-8H2,1H3,(H3,14,15,16,18). The Bertz CT molecular complexity index is 484. The second kappa shape index (κ2) is 7.78. The molecule has 7 heteroatoms. The molecule has 7 nitrogen and oxygen atoms in total. The van der Waals surface area contributed by atoms with Crippen LogP contribution < -0.4 is 15.8 Å². The molecule has 0 radical (unpaired) electrons. The zero-order chi connectivity index (χ0) is 15.0. The van der Waals surface area contributed by atoms with Crippen molar-refractivity contribution in [2.45, 2.75) is 13.3 Å². The summed E-state index contributed by atoms with van der Waals surface area (Å²) < 4.78 is 9.77. The van der Waals surface area contributed by atoms with E-state index >= 15 is 0 Å². The van der Waals surface area contributed by atoms with E-state index in [4.69, 9.17) is 10.5 Å². The number of carbonyl (C=O) groups is 3. The Labute approximate surface area is 116 Å². The molecule has 1 aromatic carbocycles. The van der Waals surface area contributed by atoms with Crippen LogP contribution >= 0.6 is 0 Å². The van der Waals surface area contributed by atoms with Crippen molar-refractivity contribution in [1.29, 1.82) is 0 Å². The van der Waals surface area contributed by atoms with Gasteiger partial charge < -0.3 is 15.2 Å². The summed E-state index contributed by atoms with van der Waals surface area (Å²) in [5, 5.41) is 1.77. The van der Waals surface area contributed by atoms with Gasteiger partial charge in [-0.2, -0.15) is 0 Å². The summed E-state index contributed by atoms with van der Waals surface area (Å²) in [5.74, 6) is -0.983. The number of nitrogens with two attached hydrogens (primary N) is 1. The third-order valence-electron chi connectivity index (χ3n) is 2.32. The molecule has 108 valence electrons. The van der Waals surface area contributed by atoms with Crippen molar-refractivity contribution >= 4 is 17.9 Å². The van der Waals surface area contributed by atoms with Crippen molar-refractivity contribution < 1.29 is 23.9 Å². The van der Waals surface area contributed by atoms with E-state index < -0.39 is 24.5 Å². The number of aryl methyl sites for hydroxylation is 1. The summed E-state index contributed by atoms with van der Waals surface area (Å²) in [7, 11) is 0. The summed E-state index contributed by atoms with van der Waals surface area (Å²) in [6.45, 7) is 1.12. The van der Waals surface area contributed by atoms with Gasteiger partial charge in [0.2, 0.25) is 0 Å². The number of primary amides is 1. The molecule has 0 spiro atoms. The topological polar surface area (TPSA) is 108 Å². The average molecular weight is 280 g/mol. The molecule has 3 N–H and O–H groups in total. The van der Waals surface area contributed by atoms with E-state index in [-0.39, 0.29) is 6.61 Å². The van der Waals surface area contributed by atoms with Gasteiger partial charge in [0.15, 0.2) is 13.2 Å². The van der Waals surface area contributed by atoms with Gasteiger partial charge in [0.05, 0.1) is 0 Å². The summed E-state index contributed by atoms with van der Waals surface area (Å²) in [6.07, 6.45) is 0.914. The Morgan fingerprint density at radius 3 is 2.35 bits per heavy atom. The number of carbonyl (C=O) groups excluding carboxylic acids is 3. The molecular weight excluding hydrogens is 264 g/mol. The van der Waals surface area contributed by atoms with Gasteiger partial charge >= 0.3 is 12.0 Å². The number of imide groups is 1. The van der Waals surface area contributed by atoms with Crippen LogP contribution in [0.15, 0.2) is 24.3 Å². The lowest BCUT2D eigenvalue weighted by molar-refractivity contribution is -0.150. The Morgan fingerprint density at radius 2 is 1.80 bits per heavy atom. The van der Waals surface area contributed by atoms with Gasteiger partial charge in [-0.25, -0.2) is 9.59 Å². The highest BCUT2D eigenvalue weighted by molar-refractivity contribution is 5.94. The monoisotopic (exact) mass is 280 g/mol. The van der Waals surface area contributed by atoms with Crippen molar-refractivity contribution in [3.63, 3.8) is 0 Å². The van der Waals surface area contributed by atoms with Crippen LogP contribution in [0.3, 0.4) is 0 Å². The molecular formula is C13H16N2O5. The number of hydrogen-bond donors (Lipinski definition) is 2. The summed E-state index contributed by atoms with van der Waals surface area (Å²) in [4.78, 5) is 32.6. The van der Waals surface area contributed by atoms with E-state index in [1.807, 2.05) is 19.1 Å². The van der Waals surface area contributed by atoms with E-state index in [1.165, 1.54) is 0 Å². The quantitative estimate of drug-likeness (QED) is 0.732. The lowest BCUT2D eigenvalue weighted by Gasteiger charge is -2.07. The Morgan fingerprint density at radius 1 is 1.15 bits per heavy atom. The highest BCUT2D eigenvalue weighted by atomic mass is 16.6. The first-order valence-corrected chi connectivity index (χ1v) is 5.98. The molecule has 0 heterocycles. The number of amides is 3. The number of benzene rings is 1. The van der Waals surface area contributed by atoms with E-state index in [0.29, 0.717) is 5.75 Å². The van der Waals surface area contributed by atoms with Crippen molar-refractivity contribution in [3.05, 3.63) is 29.8 Å². The number of esters is 1. The molecule has 0 saturated heterocycles. The lowest BCUT2D eigenvalue weighted by Crippen LogP contribution is -2.38. The third kappa shape index (κ3) is 5.85. The average Bonchev–Trinajstić information content (AvgIpc) is 2.42. The smallest absolute Gasteiger partial charge is 0.344 e. The first-order valence-electron chi connectivity index (χ1n) is 5.98. The zero-order valence-electron chi connectivity index (χ0n) is 11.0. The van der Waals surface area contributed by atoms with Crippen molar-refractivity contribution in [3.8, 4) is 5.75 Å². The lowest BCUT2D eigenvalue weighted by atomic mass is 10.2. The van der Waals surface area contributed by atoms with Gasteiger partial charge in [-0.3, -0.25) is 10.1 Å². The predicted molar refractivity (Wildman–Crippen MR) is 70.0 cm³/mol. The fourth-order valence-corrected chi connectivity index (χ4v) is 1.32. The van der Waals surface area contributed by atoms with E-state index in [9.17, 15) is 14.4 Å². The van der Waals surface area contributed by atoms with Crippen LogP contribution in [0, 0.1) is 0 Å². The van der Waals surface area contributed by atoms with Crippen molar-refractivity contribution in [2.75, 3.05) is 13.2 Å². The molecule has 0 bridgehead atoms. The third-order valence-corrected chi connectivity index (χ3v) is 2.32. The van der Waals surface area contributed by atoms with Crippen molar-refractivity contribution in [1.82, 2.24) is 5.32 Å². The maximum atomic E-state index is 11.3. The van der Waals surface area contributed by atoms with Crippen LogP contribution in [-0.4, -0.2) is 31.1 Å². The molecule has 0 fully saturated rings. The maximum Gasteiger partial charge on any atom is 0.344 e. The van der Waals surface area contributed by atoms with E-state index in [2.05, 4.69) is 4.74 Å². The van der Waals surface area contributed by atoms with Crippen molar-refractivity contribution in [2.24, 2.45) is 5.73 Å². The van der Waals surface area contributed by atoms with Gasteiger partial charge in [0, 0.05) is 0 Å². The molecule has 0 aromatic heterocycles. The predicted octanol–water partition coefficient (Wildman–Crippen LogP) is 0.366. The Kier molecular flexibility index (Phi) is 6.02. The SMILES string of the molecule is CCc1ccc(OCC(=O)OCC(=O)NC(N)=O)cc1. The molecule has 20 heavy (non-hydrogen) atoms. The Hall–Kier alpha value is -2.57. The molecule has 1 rings (SSSR count). The number of nitrogens with one attached hydrogen (secondary N) is 1. The van der Waals surface area contributed by atoms with Gasteiger partial charge in [0.1, 0.15) is 5.75 Å². The number of urea groups is 1. The van der Waals surface area contributed by atoms with Gasteiger partial charge in [-0.05, 0) is 24.1 Å². The fraction of sp³-hybridized carbons (Fsp3) is 0.308. The minimum atomic E-state index is -1.00. The minimum absolute atomic E-state index is 0.324. The molecule has 0 saturated carbocycles. The van der Waals surface area contributed by atoms with Crippen LogP contribution in [0.5, 0.6) is 5.75 Å². The molecule has 3 amide bonds. The normalized spacial score (nSPS) is 9.65. The largest absolute Gasteiger partial charge is 0.482 e. The molecule has 0 atom stereocenters. The summed E-state index contributed by atoms with van der Waals surface area (Å²) >= 11 is 0. The number of hydrogen-bond acceptors (Lipinski definition) is 5. The molecule has 1 aromatic rings. The molecule has 0 unspecified atom stereocenters. The maximum absolute atomic E-state index is 11.3. The molecule has 0 aliphatic rings. The van der Waals surface area contributed by atoms with Crippen LogP contribution in [0.1, 0.15) is 12.5 Å². The molecule has 0 aliphatic carbocycles. The van der Waals surface area contributed by atoms with Crippen LogP contribution in [0.25, 0.3) is 0 Å². The van der Waals surface area contributed by atoms with E-state index in [1.54, 1.807) is 17.4 Å². The van der Waals surface area contributed by atoms with Gasteiger partial charge in [-0.15, -0.1) is 0 Å². The van der Waals surface area contributed by atoms with Gasteiger partial charge in [0.25, 0.3) is 5.91 Å². The fourth-order valence-electron chi connectivity index (χ4n) is 1.32. The van der Waals surface area contributed by atoms with Crippen LogP contribution in [0.2, 0.25) is 0 Å². The number of rotatable bonds is 6. The van der Waals surface area contributed by atoms with E-state index in [0.717, 1.165) is 12.0 Å². The number of ether oxygens (including phenoxy) is 2. The first kappa shape index (κ1) is 15.5.